The van der Waals surface area contributed by atoms with E-state index in [9.17, 15) is 0 Å². The van der Waals surface area contributed by atoms with Crippen LogP contribution in [-0.4, -0.2) is 0 Å². The fourth-order valence-corrected chi connectivity index (χ4v) is 7.36. The van der Waals surface area contributed by atoms with Crippen LogP contribution in [0.5, 0.6) is 0 Å². The van der Waals surface area contributed by atoms with Gasteiger partial charge in [0.15, 0.2) is 0 Å². The van der Waals surface area contributed by atoms with Crippen LogP contribution < -0.4 is 58.2 Å². The first-order chi connectivity index (χ1) is 16.8. The van der Waals surface area contributed by atoms with Gasteiger partial charge in [-0.15, -0.1) is 0 Å². The van der Waals surface area contributed by atoms with Gasteiger partial charge in [0.05, 0.1) is 0 Å². The Morgan fingerprint density at radius 3 is 2.14 bits per heavy atom. The Kier molecular flexibility index (Phi) is 12.7. The van der Waals surface area contributed by atoms with Gasteiger partial charge in [0, 0.05) is 0 Å². The molecule has 0 saturated heterocycles. The Balaban J connectivity index is 0.00000361. The van der Waals surface area contributed by atoms with Gasteiger partial charge in [0.2, 0.25) is 0 Å². The molecule has 2 atom stereocenters. The van der Waals surface area contributed by atoms with Gasteiger partial charge in [0.1, 0.15) is 0 Å². The fourth-order valence-electron chi connectivity index (χ4n) is 7.36. The molecule has 0 aromatic heterocycles. The molecule has 0 spiro atoms. The predicted molar refractivity (Wildman–Crippen MR) is 155 cm³/mol. The molecule has 2 aromatic rings. The first kappa shape index (κ1) is 31.0. The van der Waals surface area contributed by atoms with Gasteiger partial charge in [-0.25, -0.2) is 0 Å². The molecule has 4 rings (SSSR count). The number of hydrogen-bond donors (Lipinski definition) is 0. The third kappa shape index (κ3) is 8.25. The average Bonchev–Trinajstić information content (AvgIpc) is 2.85. The van der Waals surface area contributed by atoms with E-state index in [4.69, 9.17) is 0 Å². The molecule has 0 bridgehead atoms. The standard InChI is InChI=1S/C35H53.Rb/c1-24-14-16-31(17-15-24)20-25(2)12-13-26(3)21-34-23-33-19-18-32(22-30-10-8-7-9-11-30)29(6)35(33)28(5)27(34)4;/h7,18-19,23-26,30-31H,8-17,20-22H2,1-6H3;/q-1;+1. The van der Waals surface area contributed by atoms with Gasteiger partial charge in [-0.2, -0.15) is 12.8 Å². The van der Waals surface area contributed by atoms with Crippen molar-refractivity contribution in [1.29, 1.82) is 0 Å². The van der Waals surface area contributed by atoms with Crippen molar-refractivity contribution in [1.82, 2.24) is 0 Å². The molecular weight excluding hydrogens is 506 g/mol. The Bertz CT molecular complexity index is 958. The van der Waals surface area contributed by atoms with E-state index in [2.05, 4.69) is 66.2 Å². The minimum Gasteiger partial charge on any atom is -0.328 e. The van der Waals surface area contributed by atoms with E-state index in [1.54, 1.807) is 22.3 Å². The maximum atomic E-state index is 2.53. The SMILES string of the molecule is Cc1c(CC(C)CCC(C)CC2CCC(C)CC2)cc2ccc(CC3CC[CH-]CC3)c(C)c2c1C.[Rb+]. The topological polar surface area (TPSA) is 0 Å². The smallest absolute Gasteiger partial charge is 0.328 e. The maximum absolute atomic E-state index is 2.53. The molecule has 0 aliphatic heterocycles. The minimum atomic E-state index is 0. The van der Waals surface area contributed by atoms with Crippen molar-refractivity contribution in [2.45, 2.75) is 125 Å². The van der Waals surface area contributed by atoms with E-state index in [1.165, 1.54) is 99.8 Å². The zero-order valence-corrected chi connectivity index (χ0v) is 29.8. The number of benzene rings is 2. The Hall–Kier alpha value is 0.505. The monoisotopic (exact) mass is 558 g/mol. The summed E-state index contributed by atoms with van der Waals surface area (Å²) >= 11 is 0. The van der Waals surface area contributed by atoms with Crippen LogP contribution in [0.3, 0.4) is 0 Å². The molecule has 2 aromatic carbocycles. The van der Waals surface area contributed by atoms with Gasteiger partial charge >= 0.3 is 58.2 Å². The quantitative estimate of drug-likeness (QED) is 0.279. The van der Waals surface area contributed by atoms with Crippen LogP contribution in [0.1, 0.15) is 119 Å². The maximum Gasteiger partial charge on any atom is 1.00 e. The summed E-state index contributed by atoms with van der Waals surface area (Å²) in [5.74, 6) is 4.51. The molecule has 0 nitrogen and oxygen atoms in total. The average molecular weight is 559 g/mol. The van der Waals surface area contributed by atoms with Gasteiger partial charge in [0.25, 0.3) is 0 Å². The van der Waals surface area contributed by atoms with Gasteiger partial charge in [-0.3, -0.25) is 0 Å². The molecule has 2 saturated carbocycles. The second-order valence-corrected chi connectivity index (χ2v) is 13.1. The number of fused-ring (bicyclic) bond motifs is 1. The van der Waals surface area contributed by atoms with Crippen molar-refractivity contribution >= 4 is 10.8 Å². The van der Waals surface area contributed by atoms with Crippen molar-refractivity contribution in [2.75, 3.05) is 0 Å². The van der Waals surface area contributed by atoms with E-state index in [1.807, 2.05) is 0 Å². The summed E-state index contributed by atoms with van der Waals surface area (Å²) in [6, 6.07) is 7.42. The second-order valence-electron chi connectivity index (χ2n) is 13.1. The first-order valence-electron chi connectivity index (χ1n) is 15.1. The largest absolute Gasteiger partial charge is 1.00 e. The van der Waals surface area contributed by atoms with Crippen molar-refractivity contribution < 1.29 is 58.2 Å². The fraction of sp³-hybridized carbons (Fsp3) is 0.686. The van der Waals surface area contributed by atoms with Crippen LogP contribution in [0, 0.1) is 56.8 Å². The summed E-state index contributed by atoms with van der Waals surface area (Å²) in [5, 5.41) is 3.00. The van der Waals surface area contributed by atoms with Gasteiger partial charge in [-0.05, 0) is 108 Å². The van der Waals surface area contributed by atoms with Crippen LogP contribution in [0.25, 0.3) is 10.8 Å². The molecule has 0 heterocycles. The zero-order chi connectivity index (χ0) is 24.9. The molecular formula is C35H53Rb. The summed E-state index contributed by atoms with van der Waals surface area (Å²) in [5.41, 5.74) is 7.80. The molecule has 194 valence electrons. The van der Waals surface area contributed by atoms with Gasteiger partial charge in [-0.1, -0.05) is 90.3 Å². The van der Waals surface area contributed by atoms with Crippen molar-refractivity contribution in [2.24, 2.45) is 29.6 Å². The van der Waals surface area contributed by atoms with Crippen LogP contribution in [0.4, 0.5) is 0 Å². The van der Waals surface area contributed by atoms with E-state index < -0.39 is 0 Å². The molecule has 1 heteroatoms. The minimum absolute atomic E-state index is 0. The van der Waals surface area contributed by atoms with Crippen LogP contribution in [-0.2, 0) is 12.8 Å². The summed E-state index contributed by atoms with van der Waals surface area (Å²) < 4.78 is 0. The Morgan fingerprint density at radius 1 is 0.778 bits per heavy atom. The summed E-state index contributed by atoms with van der Waals surface area (Å²) in [6.07, 6.45) is 20.5. The van der Waals surface area contributed by atoms with E-state index >= 15 is 0 Å². The normalized spacial score (nSPS) is 22.8. The zero-order valence-electron chi connectivity index (χ0n) is 24.9. The second kappa shape index (κ2) is 14.8. The molecule has 0 N–H and O–H groups in total. The molecule has 0 amide bonds. The number of aryl methyl sites for hydroxylation is 2. The number of hydrogen-bond acceptors (Lipinski definition) is 0. The third-order valence-corrected chi connectivity index (χ3v) is 10.0. The molecule has 2 aliphatic carbocycles. The molecule has 2 fully saturated rings. The van der Waals surface area contributed by atoms with E-state index in [-0.39, 0.29) is 58.2 Å². The molecule has 2 aliphatic rings. The van der Waals surface area contributed by atoms with Gasteiger partial charge < -0.3 is 6.42 Å². The van der Waals surface area contributed by atoms with Crippen LogP contribution >= 0.6 is 0 Å². The van der Waals surface area contributed by atoms with E-state index in [0.717, 1.165) is 29.6 Å². The molecule has 36 heavy (non-hydrogen) atoms. The van der Waals surface area contributed by atoms with Crippen LogP contribution in [0.15, 0.2) is 18.2 Å². The van der Waals surface area contributed by atoms with Crippen molar-refractivity contribution in [3.63, 3.8) is 0 Å². The van der Waals surface area contributed by atoms with Crippen LogP contribution in [0.2, 0.25) is 0 Å². The third-order valence-electron chi connectivity index (χ3n) is 10.0. The Morgan fingerprint density at radius 2 is 1.44 bits per heavy atom. The summed E-state index contributed by atoms with van der Waals surface area (Å²) in [7, 11) is 0. The first-order valence-corrected chi connectivity index (χ1v) is 15.1. The Labute approximate surface area is 273 Å². The molecule has 2 unspecified atom stereocenters. The summed E-state index contributed by atoms with van der Waals surface area (Å²) in [4.78, 5) is 0. The van der Waals surface area contributed by atoms with Crippen molar-refractivity contribution in [3.8, 4) is 0 Å². The van der Waals surface area contributed by atoms with Crippen molar-refractivity contribution in [3.05, 3.63) is 52.4 Å². The van der Waals surface area contributed by atoms with E-state index in [0.29, 0.717) is 0 Å². The number of rotatable bonds is 9. The summed E-state index contributed by atoms with van der Waals surface area (Å²) in [6.45, 7) is 14.6. The predicted octanol–water partition coefficient (Wildman–Crippen LogP) is 7.52. The molecule has 0 radical (unpaired) electrons.